The summed E-state index contributed by atoms with van der Waals surface area (Å²) in [5.41, 5.74) is 6.81. The Labute approximate surface area is 187 Å². The Balaban J connectivity index is 0.00000280. The second-order valence-corrected chi connectivity index (χ2v) is 7.55. The Hall–Kier alpha value is -1.90. The van der Waals surface area contributed by atoms with E-state index in [9.17, 15) is 5.11 Å². The van der Waals surface area contributed by atoms with Crippen molar-refractivity contribution in [2.24, 2.45) is 10.7 Å². The van der Waals surface area contributed by atoms with Crippen LogP contribution in [0.1, 0.15) is 16.0 Å². The van der Waals surface area contributed by atoms with Crippen molar-refractivity contribution < 1.29 is 5.11 Å². The molecule has 0 radical (unpaired) electrons. The highest BCUT2D eigenvalue weighted by Crippen LogP contribution is 2.26. The first-order valence-electron chi connectivity index (χ1n) is 9.04. The van der Waals surface area contributed by atoms with E-state index in [0.29, 0.717) is 12.4 Å². The van der Waals surface area contributed by atoms with Gasteiger partial charge in [0, 0.05) is 17.8 Å². The largest absolute Gasteiger partial charge is 0.383 e. The highest BCUT2D eigenvalue weighted by molar-refractivity contribution is 14.0. The third-order valence-corrected chi connectivity index (χ3v) is 5.36. The van der Waals surface area contributed by atoms with Crippen molar-refractivity contribution in [3.63, 3.8) is 0 Å². The van der Waals surface area contributed by atoms with Crippen molar-refractivity contribution in [1.29, 1.82) is 0 Å². The highest BCUT2D eigenvalue weighted by Gasteiger charge is 2.29. The number of guanidine groups is 1. The van der Waals surface area contributed by atoms with Crippen LogP contribution in [0.25, 0.3) is 0 Å². The molecule has 0 bridgehead atoms. The Kier molecular flexibility index (Phi) is 8.95. The summed E-state index contributed by atoms with van der Waals surface area (Å²) in [6, 6.07) is 23.8. The number of nitrogens with one attached hydrogen (secondary N) is 1. The fourth-order valence-electron chi connectivity index (χ4n) is 2.97. The van der Waals surface area contributed by atoms with Gasteiger partial charge in [-0.25, -0.2) is 0 Å². The van der Waals surface area contributed by atoms with Gasteiger partial charge in [-0.3, -0.25) is 4.99 Å². The van der Waals surface area contributed by atoms with Gasteiger partial charge in [0.05, 0.1) is 6.54 Å². The Bertz CT molecular complexity index is 841. The molecule has 4 N–H and O–H groups in total. The minimum absolute atomic E-state index is 0. The first-order valence-corrected chi connectivity index (χ1v) is 9.92. The first-order chi connectivity index (χ1) is 13.2. The molecule has 0 aliphatic heterocycles. The third kappa shape index (κ3) is 6.61. The molecule has 0 saturated heterocycles. The van der Waals surface area contributed by atoms with Gasteiger partial charge in [0.15, 0.2) is 5.96 Å². The van der Waals surface area contributed by atoms with E-state index in [1.807, 2.05) is 66.7 Å². The van der Waals surface area contributed by atoms with E-state index in [-0.39, 0.29) is 30.5 Å². The number of aliphatic imine (C=N–C) groups is 1. The molecule has 0 spiro atoms. The average molecular weight is 507 g/mol. The quantitative estimate of drug-likeness (QED) is 0.246. The normalized spacial score (nSPS) is 13.4. The smallest absolute Gasteiger partial charge is 0.188 e. The second kappa shape index (κ2) is 11.2. The number of nitrogens with two attached hydrogens (primary N) is 1. The zero-order valence-electron chi connectivity index (χ0n) is 15.6. The summed E-state index contributed by atoms with van der Waals surface area (Å²) >= 11 is 1.73. The van der Waals surface area contributed by atoms with Crippen molar-refractivity contribution in [3.05, 3.63) is 94.2 Å². The summed E-state index contributed by atoms with van der Waals surface area (Å²) in [5, 5.41) is 16.6. The van der Waals surface area contributed by atoms with Crippen molar-refractivity contribution in [1.82, 2.24) is 5.32 Å². The molecule has 6 heteroatoms. The van der Waals surface area contributed by atoms with Gasteiger partial charge in [0.2, 0.25) is 0 Å². The van der Waals surface area contributed by atoms with E-state index in [0.717, 1.165) is 24.1 Å². The third-order valence-electron chi connectivity index (χ3n) is 4.42. The standard InChI is InChI=1S/C22H25N3OS.HI/c23-21(24-14-13-20-12-7-15-27-20)25-17-22(26,19-10-5-2-6-11-19)16-18-8-3-1-4-9-18;/h1-12,15,26H,13-14,16-17H2,(H3,23,24,25);1H. The lowest BCUT2D eigenvalue weighted by atomic mass is 9.87. The summed E-state index contributed by atoms with van der Waals surface area (Å²) in [5.74, 6) is 0.356. The summed E-state index contributed by atoms with van der Waals surface area (Å²) in [4.78, 5) is 5.73. The molecule has 0 amide bonds. The number of benzene rings is 2. The van der Waals surface area contributed by atoms with Crippen molar-refractivity contribution in [2.45, 2.75) is 18.4 Å². The minimum Gasteiger partial charge on any atom is -0.383 e. The molecule has 1 heterocycles. The first kappa shape index (κ1) is 22.4. The van der Waals surface area contributed by atoms with Crippen LogP contribution in [0.15, 0.2) is 83.2 Å². The predicted octanol–water partition coefficient (Wildman–Crippen LogP) is 3.94. The highest BCUT2D eigenvalue weighted by atomic mass is 127. The molecule has 2 aromatic carbocycles. The molecule has 0 aliphatic rings. The molecule has 148 valence electrons. The topological polar surface area (TPSA) is 70.6 Å². The number of hydrogen-bond donors (Lipinski definition) is 3. The van der Waals surface area contributed by atoms with Crippen LogP contribution in [0.5, 0.6) is 0 Å². The fraction of sp³-hybridized carbons (Fsp3) is 0.227. The van der Waals surface area contributed by atoms with Crippen LogP contribution < -0.4 is 11.1 Å². The number of halogens is 1. The predicted molar refractivity (Wildman–Crippen MR) is 128 cm³/mol. The Morgan fingerprint density at radius 1 is 1.00 bits per heavy atom. The summed E-state index contributed by atoms with van der Waals surface area (Å²) in [7, 11) is 0. The minimum atomic E-state index is -1.11. The molecule has 1 unspecified atom stereocenters. The Morgan fingerprint density at radius 2 is 1.68 bits per heavy atom. The molecule has 0 aliphatic carbocycles. The lowest BCUT2D eigenvalue weighted by molar-refractivity contribution is 0.0467. The van der Waals surface area contributed by atoms with E-state index in [1.165, 1.54) is 4.88 Å². The van der Waals surface area contributed by atoms with Crippen molar-refractivity contribution >= 4 is 41.3 Å². The van der Waals surface area contributed by atoms with Crippen LogP contribution in [0.3, 0.4) is 0 Å². The number of thiophene rings is 1. The van der Waals surface area contributed by atoms with Gasteiger partial charge in [0.25, 0.3) is 0 Å². The summed E-state index contributed by atoms with van der Waals surface area (Å²) in [6.07, 6.45) is 1.38. The van der Waals surface area contributed by atoms with E-state index < -0.39 is 5.60 Å². The maximum Gasteiger partial charge on any atom is 0.188 e. The average Bonchev–Trinajstić information content (AvgIpc) is 3.21. The molecular formula is C22H26IN3OS. The molecule has 3 rings (SSSR count). The summed E-state index contributed by atoms with van der Waals surface area (Å²) < 4.78 is 0. The van der Waals surface area contributed by atoms with Crippen molar-refractivity contribution in [2.75, 3.05) is 13.1 Å². The molecule has 0 fully saturated rings. The molecule has 28 heavy (non-hydrogen) atoms. The van der Waals surface area contributed by atoms with E-state index in [4.69, 9.17) is 5.73 Å². The van der Waals surface area contributed by atoms with Crippen molar-refractivity contribution in [3.8, 4) is 0 Å². The number of hydrogen-bond acceptors (Lipinski definition) is 3. The van der Waals surface area contributed by atoms with Gasteiger partial charge in [0.1, 0.15) is 5.60 Å². The SMILES string of the molecule is I.NC(=NCC(O)(Cc1ccccc1)c1ccccc1)NCCc1cccs1. The van der Waals surface area contributed by atoms with Crippen LogP contribution in [-0.4, -0.2) is 24.2 Å². The number of aliphatic hydroxyl groups is 1. The monoisotopic (exact) mass is 507 g/mol. The molecule has 1 aromatic heterocycles. The van der Waals surface area contributed by atoms with Crippen LogP contribution in [0.4, 0.5) is 0 Å². The lowest BCUT2D eigenvalue weighted by Gasteiger charge is -2.27. The van der Waals surface area contributed by atoms with Gasteiger partial charge in [-0.1, -0.05) is 66.7 Å². The fourth-order valence-corrected chi connectivity index (χ4v) is 3.68. The molecule has 0 saturated carbocycles. The maximum atomic E-state index is 11.4. The molecule has 1 atom stereocenters. The molecular weight excluding hydrogens is 481 g/mol. The summed E-state index contributed by atoms with van der Waals surface area (Å²) in [6.45, 7) is 0.919. The molecule has 3 aromatic rings. The van der Waals surface area contributed by atoms with E-state index >= 15 is 0 Å². The zero-order valence-corrected chi connectivity index (χ0v) is 18.8. The van der Waals surface area contributed by atoms with Crippen LogP contribution in [0, 0.1) is 0 Å². The maximum absolute atomic E-state index is 11.4. The number of rotatable bonds is 8. The second-order valence-electron chi connectivity index (χ2n) is 6.52. The van der Waals surface area contributed by atoms with Crippen LogP contribution >= 0.6 is 35.3 Å². The zero-order chi connectivity index (χ0) is 19.0. The lowest BCUT2D eigenvalue weighted by Crippen LogP contribution is -2.37. The van der Waals surface area contributed by atoms with Gasteiger partial charge in [-0.05, 0) is 29.0 Å². The van der Waals surface area contributed by atoms with Crippen LogP contribution in [0.2, 0.25) is 0 Å². The van der Waals surface area contributed by atoms with Gasteiger partial charge in [-0.2, -0.15) is 0 Å². The molecule has 4 nitrogen and oxygen atoms in total. The number of nitrogens with zero attached hydrogens (tertiary/aromatic N) is 1. The Morgan fingerprint density at radius 3 is 2.32 bits per heavy atom. The van der Waals surface area contributed by atoms with E-state index in [1.54, 1.807) is 11.3 Å². The van der Waals surface area contributed by atoms with Gasteiger partial charge >= 0.3 is 0 Å². The van der Waals surface area contributed by atoms with Crippen LogP contribution in [-0.2, 0) is 18.4 Å². The van der Waals surface area contributed by atoms with Gasteiger partial charge in [-0.15, -0.1) is 35.3 Å². The van der Waals surface area contributed by atoms with Gasteiger partial charge < -0.3 is 16.2 Å². The van der Waals surface area contributed by atoms with E-state index in [2.05, 4.69) is 21.8 Å².